The van der Waals surface area contributed by atoms with Crippen molar-refractivity contribution in [3.63, 3.8) is 0 Å². The lowest BCUT2D eigenvalue weighted by Gasteiger charge is -2.39. The number of aryl methyl sites for hydroxylation is 1. The number of hydrogen-bond donors (Lipinski definition) is 0. The molecule has 2 aromatic rings. The highest BCUT2D eigenvalue weighted by Gasteiger charge is 2.33. The SMILES string of the molecule is CC1(Cn2c(CCCl)nc3cc(Cl)c(Cl)cc32)CCC1. The molecule has 0 aliphatic heterocycles. The van der Waals surface area contributed by atoms with Crippen LogP contribution >= 0.6 is 34.8 Å². The Morgan fingerprint density at radius 2 is 1.95 bits per heavy atom. The summed E-state index contributed by atoms with van der Waals surface area (Å²) in [6.07, 6.45) is 4.63. The molecule has 0 spiro atoms. The number of alkyl halides is 1. The van der Waals surface area contributed by atoms with Crippen molar-refractivity contribution in [3.8, 4) is 0 Å². The van der Waals surface area contributed by atoms with Gasteiger partial charge in [-0.2, -0.15) is 0 Å². The largest absolute Gasteiger partial charge is 0.327 e. The first-order valence-corrected chi connectivity index (χ1v) is 8.22. The van der Waals surface area contributed by atoms with Gasteiger partial charge < -0.3 is 4.57 Å². The molecule has 0 radical (unpaired) electrons. The molecule has 0 bridgehead atoms. The zero-order valence-corrected chi connectivity index (χ0v) is 13.7. The van der Waals surface area contributed by atoms with Crippen molar-refractivity contribution in [2.45, 2.75) is 39.2 Å². The van der Waals surface area contributed by atoms with Gasteiger partial charge in [-0.25, -0.2) is 4.98 Å². The van der Waals surface area contributed by atoms with Gasteiger partial charge in [0, 0.05) is 18.8 Å². The summed E-state index contributed by atoms with van der Waals surface area (Å²) in [7, 11) is 0. The minimum absolute atomic E-state index is 0.376. The van der Waals surface area contributed by atoms with Crippen LogP contribution in [0.5, 0.6) is 0 Å². The predicted octanol–water partition coefficient (Wildman–Crippen LogP) is 5.31. The number of nitrogens with zero attached hydrogens (tertiary/aromatic N) is 2. The molecule has 5 heteroatoms. The number of halogens is 3. The first-order chi connectivity index (χ1) is 9.52. The molecule has 1 fully saturated rings. The monoisotopic (exact) mass is 330 g/mol. The summed E-state index contributed by atoms with van der Waals surface area (Å²) in [5, 5.41) is 1.13. The van der Waals surface area contributed by atoms with Gasteiger partial charge in [-0.05, 0) is 30.4 Å². The highest BCUT2D eigenvalue weighted by atomic mass is 35.5. The Morgan fingerprint density at radius 1 is 1.25 bits per heavy atom. The molecule has 0 saturated heterocycles. The number of benzene rings is 1. The summed E-state index contributed by atoms with van der Waals surface area (Å²) in [6.45, 7) is 3.32. The molecule has 0 unspecified atom stereocenters. The average molecular weight is 332 g/mol. The van der Waals surface area contributed by atoms with Crippen molar-refractivity contribution in [3.05, 3.63) is 28.0 Å². The van der Waals surface area contributed by atoms with Gasteiger partial charge >= 0.3 is 0 Å². The lowest BCUT2D eigenvalue weighted by molar-refractivity contribution is 0.132. The van der Waals surface area contributed by atoms with E-state index < -0.39 is 0 Å². The molecule has 1 heterocycles. The van der Waals surface area contributed by atoms with Crippen LogP contribution in [-0.2, 0) is 13.0 Å². The molecule has 1 aromatic carbocycles. The second-order valence-corrected chi connectivity index (χ2v) is 7.16. The van der Waals surface area contributed by atoms with Crippen LogP contribution in [0.25, 0.3) is 11.0 Å². The molecule has 1 saturated carbocycles. The van der Waals surface area contributed by atoms with E-state index in [2.05, 4.69) is 16.5 Å². The average Bonchev–Trinajstić information content (AvgIpc) is 2.67. The Balaban J connectivity index is 2.10. The fourth-order valence-corrected chi connectivity index (χ4v) is 3.43. The maximum absolute atomic E-state index is 6.17. The van der Waals surface area contributed by atoms with E-state index in [4.69, 9.17) is 34.8 Å². The van der Waals surface area contributed by atoms with Crippen LogP contribution in [0.4, 0.5) is 0 Å². The van der Waals surface area contributed by atoms with E-state index in [-0.39, 0.29) is 0 Å². The number of aromatic nitrogens is 2. The Kier molecular flexibility index (Phi) is 3.91. The molecule has 1 aliphatic carbocycles. The minimum atomic E-state index is 0.376. The summed E-state index contributed by atoms with van der Waals surface area (Å²) >= 11 is 18.2. The summed E-state index contributed by atoms with van der Waals surface area (Å²) in [5.74, 6) is 1.60. The van der Waals surface area contributed by atoms with Crippen molar-refractivity contribution in [1.29, 1.82) is 0 Å². The van der Waals surface area contributed by atoms with E-state index in [1.807, 2.05) is 12.1 Å². The topological polar surface area (TPSA) is 17.8 Å². The van der Waals surface area contributed by atoms with Crippen LogP contribution < -0.4 is 0 Å². The molecule has 1 aliphatic rings. The van der Waals surface area contributed by atoms with Crippen molar-refractivity contribution in [1.82, 2.24) is 9.55 Å². The second-order valence-electron chi connectivity index (χ2n) is 5.97. The molecular weight excluding hydrogens is 315 g/mol. The highest BCUT2D eigenvalue weighted by molar-refractivity contribution is 6.42. The Labute approximate surface area is 134 Å². The van der Waals surface area contributed by atoms with Crippen molar-refractivity contribution >= 4 is 45.8 Å². The maximum atomic E-state index is 6.17. The number of fused-ring (bicyclic) bond motifs is 1. The quantitative estimate of drug-likeness (QED) is 0.694. The normalized spacial score (nSPS) is 17.4. The van der Waals surface area contributed by atoms with Gasteiger partial charge in [0.15, 0.2) is 0 Å². The third-order valence-electron chi connectivity index (χ3n) is 4.29. The third-order valence-corrected chi connectivity index (χ3v) is 5.20. The predicted molar refractivity (Wildman–Crippen MR) is 86.1 cm³/mol. The fourth-order valence-electron chi connectivity index (χ4n) is 2.94. The van der Waals surface area contributed by atoms with Crippen LogP contribution in [0.1, 0.15) is 32.0 Å². The molecule has 0 amide bonds. The van der Waals surface area contributed by atoms with Gasteiger partial charge in [-0.3, -0.25) is 0 Å². The summed E-state index contributed by atoms with van der Waals surface area (Å²) in [4.78, 5) is 4.68. The van der Waals surface area contributed by atoms with E-state index in [1.165, 1.54) is 19.3 Å². The molecule has 20 heavy (non-hydrogen) atoms. The van der Waals surface area contributed by atoms with Crippen LogP contribution in [0.15, 0.2) is 12.1 Å². The van der Waals surface area contributed by atoms with Gasteiger partial charge in [0.05, 0.1) is 21.1 Å². The molecule has 0 atom stereocenters. The van der Waals surface area contributed by atoms with Gasteiger partial charge in [-0.15, -0.1) is 11.6 Å². The first kappa shape index (κ1) is 14.5. The van der Waals surface area contributed by atoms with Crippen LogP contribution in [0, 0.1) is 5.41 Å². The minimum Gasteiger partial charge on any atom is -0.327 e. The summed E-state index contributed by atoms with van der Waals surface area (Å²) in [6, 6.07) is 3.77. The van der Waals surface area contributed by atoms with E-state index in [0.29, 0.717) is 21.3 Å². The van der Waals surface area contributed by atoms with E-state index in [9.17, 15) is 0 Å². The van der Waals surface area contributed by atoms with E-state index in [0.717, 1.165) is 29.8 Å². The summed E-state index contributed by atoms with van der Waals surface area (Å²) < 4.78 is 2.28. The molecule has 1 aromatic heterocycles. The van der Waals surface area contributed by atoms with E-state index in [1.54, 1.807) is 0 Å². The lowest BCUT2D eigenvalue weighted by Crippen LogP contribution is -2.31. The van der Waals surface area contributed by atoms with Crippen LogP contribution in [0.2, 0.25) is 10.0 Å². The molecule has 2 nitrogen and oxygen atoms in total. The summed E-state index contributed by atoms with van der Waals surface area (Å²) in [5.41, 5.74) is 2.34. The standard InChI is InChI=1S/C15H17Cl3N2/c1-15(4-2-5-15)9-20-13-8-11(18)10(17)7-12(13)19-14(20)3-6-16/h7-8H,2-6,9H2,1H3. The third kappa shape index (κ3) is 2.54. The van der Waals surface area contributed by atoms with Gasteiger partial charge in [0.2, 0.25) is 0 Å². The number of hydrogen-bond acceptors (Lipinski definition) is 1. The Morgan fingerprint density at radius 3 is 2.55 bits per heavy atom. The fraction of sp³-hybridized carbons (Fsp3) is 0.533. The van der Waals surface area contributed by atoms with Crippen molar-refractivity contribution in [2.75, 3.05) is 5.88 Å². The molecule has 0 N–H and O–H groups in total. The first-order valence-electron chi connectivity index (χ1n) is 6.92. The van der Waals surface area contributed by atoms with Gasteiger partial charge in [0.1, 0.15) is 5.82 Å². The number of imidazole rings is 1. The van der Waals surface area contributed by atoms with Gasteiger partial charge in [-0.1, -0.05) is 36.5 Å². The van der Waals surface area contributed by atoms with Crippen LogP contribution in [-0.4, -0.2) is 15.4 Å². The van der Waals surface area contributed by atoms with Gasteiger partial charge in [0.25, 0.3) is 0 Å². The maximum Gasteiger partial charge on any atom is 0.111 e. The molecular formula is C15H17Cl3N2. The Bertz CT molecular complexity index is 644. The molecule has 108 valence electrons. The smallest absolute Gasteiger partial charge is 0.111 e. The van der Waals surface area contributed by atoms with Crippen LogP contribution in [0.3, 0.4) is 0 Å². The lowest BCUT2D eigenvalue weighted by atomic mass is 9.70. The van der Waals surface area contributed by atoms with Crippen molar-refractivity contribution in [2.24, 2.45) is 5.41 Å². The second kappa shape index (κ2) is 5.40. The van der Waals surface area contributed by atoms with Crippen molar-refractivity contribution < 1.29 is 0 Å². The number of rotatable bonds is 4. The zero-order valence-electron chi connectivity index (χ0n) is 11.4. The Hall–Kier alpha value is -0.440. The van der Waals surface area contributed by atoms with E-state index >= 15 is 0 Å². The highest BCUT2D eigenvalue weighted by Crippen LogP contribution is 2.43. The molecule has 3 rings (SSSR count). The zero-order chi connectivity index (χ0) is 14.3.